The molecule has 0 N–H and O–H groups in total. The van der Waals surface area contributed by atoms with Crippen LogP contribution in [0.25, 0.3) is 11.3 Å². The van der Waals surface area contributed by atoms with Gasteiger partial charge < -0.3 is 9.47 Å². The number of benzene rings is 2. The zero-order valence-electron chi connectivity index (χ0n) is 12.0. The summed E-state index contributed by atoms with van der Waals surface area (Å²) in [6.45, 7) is 1.27. The molecule has 0 aliphatic heterocycles. The van der Waals surface area contributed by atoms with Crippen LogP contribution in [-0.4, -0.2) is 22.8 Å². The van der Waals surface area contributed by atoms with Crippen LogP contribution in [0.4, 0.5) is 0 Å². The van der Waals surface area contributed by atoms with Gasteiger partial charge in [-0.2, -0.15) is 0 Å². The second-order valence-corrected chi connectivity index (χ2v) is 5.29. The highest BCUT2D eigenvalue weighted by atomic mass is 32.1. The molecule has 0 saturated carbocycles. The van der Waals surface area contributed by atoms with E-state index >= 15 is 0 Å². The van der Waals surface area contributed by atoms with Crippen LogP contribution in [0.2, 0.25) is 0 Å². The van der Waals surface area contributed by atoms with E-state index in [0.717, 1.165) is 29.2 Å². The first-order chi connectivity index (χ1) is 10.9. The summed E-state index contributed by atoms with van der Waals surface area (Å²) in [6.07, 6.45) is 0.840. The molecule has 3 aromatic rings. The van der Waals surface area contributed by atoms with Gasteiger partial charge in [0.05, 0.1) is 13.2 Å². The molecule has 0 bridgehead atoms. The summed E-state index contributed by atoms with van der Waals surface area (Å²) in [7, 11) is 0. The average molecular weight is 312 g/mol. The maximum absolute atomic E-state index is 5.70. The summed E-state index contributed by atoms with van der Waals surface area (Å²) in [5, 5.41) is 5.97. The van der Waals surface area contributed by atoms with Crippen molar-refractivity contribution >= 4 is 11.5 Å². The molecule has 0 saturated heterocycles. The number of rotatable bonds is 7. The van der Waals surface area contributed by atoms with Gasteiger partial charge in [-0.25, -0.2) is 0 Å². The predicted octanol–water partition coefficient (Wildman–Crippen LogP) is 4.05. The van der Waals surface area contributed by atoms with Crippen LogP contribution in [0.15, 0.2) is 60.0 Å². The summed E-state index contributed by atoms with van der Waals surface area (Å²) in [5.74, 6) is 1.75. The Morgan fingerprint density at radius 1 is 0.818 bits per heavy atom. The fourth-order valence-electron chi connectivity index (χ4n) is 1.97. The first-order valence-corrected chi connectivity index (χ1v) is 7.93. The monoisotopic (exact) mass is 312 g/mol. The van der Waals surface area contributed by atoms with Gasteiger partial charge >= 0.3 is 0 Å². The number of nitrogens with zero attached hydrogens (tertiary/aromatic N) is 2. The maximum Gasteiger partial charge on any atom is 0.119 e. The van der Waals surface area contributed by atoms with Gasteiger partial charge in [0.15, 0.2) is 0 Å². The third-order valence-corrected chi connectivity index (χ3v) is 3.58. The highest BCUT2D eigenvalue weighted by Crippen LogP contribution is 2.21. The van der Waals surface area contributed by atoms with Gasteiger partial charge in [0.25, 0.3) is 0 Å². The number of hydrogen-bond acceptors (Lipinski definition) is 5. The Morgan fingerprint density at radius 3 is 2.14 bits per heavy atom. The predicted molar refractivity (Wildman–Crippen MR) is 87.4 cm³/mol. The van der Waals surface area contributed by atoms with Crippen molar-refractivity contribution in [3.63, 3.8) is 0 Å². The third-order valence-electron chi connectivity index (χ3n) is 3.08. The highest BCUT2D eigenvalue weighted by molar-refractivity contribution is 7.03. The molecule has 0 spiro atoms. The van der Waals surface area contributed by atoms with Crippen LogP contribution >= 0.6 is 11.5 Å². The lowest BCUT2D eigenvalue weighted by atomic mass is 10.2. The van der Waals surface area contributed by atoms with Gasteiger partial charge in [-0.05, 0) is 47.9 Å². The average Bonchev–Trinajstić information content (AvgIpc) is 3.11. The van der Waals surface area contributed by atoms with E-state index < -0.39 is 0 Å². The number of ether oxygens (including phenoxy) is 2. The summed E-state index contributed by atoms with van der Waals surface area (Å²) in [6, 6.07) is 17.7. The van der Waals surface area contributed by atoms with E-state index in [1.807, 2.05) is 60.0 Å². The van der Waals surface area contributed by atoms with Crippen molar-refractivity contribution in [1.82, 2.24) is 9.59 Å². The molecule has 0 aliphatic rings. The number of para-hydroxylation sites is 1. The SMILES string of the molecule is c1ccc(OCCCOc2ccc(-c3csnn3)cc2)cc1. The van der Waals surface area contributed by atoms with Crippen molar-refractivity contribution < 1.29 is 9.47 Å². The Balaban J connectivity index is 1.40. The molecule has 4 nitrogen and oxygen atoms in total. The molecule has 0 radical (unpaired) electrons. The van der Waals surface area contributed by atoms with Crippen molar-refractivity contribution in [3.8, 4) is 22.8 Å². The standard InChI is InChI=1S/C17H16N2O2S/c1-2-5-15(6-3-1)20-11-4-12-21-16-9-7-14(8-10-16)17-13-22-19-18-17/h1-3,5-10,13H,4,11-12H2. The fraction of sp³-hybridized carbons (Fsp3) is 0.176. The zero-order chi connectivity index (χ0) is 15.0. The quantitative estimate of drug-likeness (QED) is 0.617. The van der Waals surface area contributed by atoms with Gasteiger partial charge in [0, 0.05) is 17.4 Å². The second kappa shape index (κ2) is 7.56. The minimum absolute atomic E-state index is 0.629. The fourth-order valence-corrected chi connectivity index (χ4v) is 2.43. The van der Waals surface area contributed by atoms with Crippen LogP contribution in [0, 0.1) is 0 Å². The summed E-state index contributed by atoms with van der Waals surface area (Å²) >= 11 is 1.35. The van der Waals surface area contributed by atoms with Crippen molar-refractivity contribution in [2.24, 2.45) is 0 Å². The summed E-state index contributed by atoms with van der Waals surface area (Å²) in [4.78, 5) is 0. The van der Waals surface area contributed by atoms with Gasteiger partial charge in [-0.3, -0.25) is 0 Å². The largest absolute Gasteiger partial charge is 0.493 e. The Labute approximate surface area is 133 Å². The van der Waals surface area contributed by atoms with Gasteiger partial charge in [0.1, 0.15) is 17.2 Å². The second-order valence-electron chi connectivity index (χ2n) is 4.68. The van der Waals surface area contributed by atoms with Crippen LogP contribution in [0.1, 0.15) is 6.42 Å². The van der Waals surface area contributed by atoms with Crippen molar-refractivity contribution in [2.45, 2.75) is 6.42 Å². The summed E-state index contributed by atoms with van der Waals surface area (Å²) < 4.78 is 15.2. The molecule has 112 valence electrons. The van der Waals surface area contributed by atoms with Gasteiger partial charge in [-0.15, -0.1) is 5.10 Å². The zero-order valence-corrected chi connectivity index (χ0v) is 12.8. The molecule has 0 aliphatic carbocycles. The van der Waals surface area contributed by atoms with E-state index in [-0.39, 0.29) is 0 Å². The third kappa shape index (κ3) is 4.05. The Hall–Kier alpha value is -2.40. The molecule has 1 heterocycles. The molecule has 0 atom stereocenters. The van der Waals surface area contributed by atoms with E-state index in [2.05, 4.69) is 9.59 Å². The van der Waals surface area contributed by atoms with Crippen LogP contribution in [0.3, 0.4) is 0 Å². The molecule has 0 unspecified atom stereocenters. The molecular formula is C17H16N2O2S. The molecule has 5 heteroatoms. The van der Waals surface area contributed by atoms with E-state index in [9.17, 15) is 0 Å². The van der Waals surface area contributed by atoms with Crippen molar-refractivity contribution in [2.75, 3.05) is 13.2 Å². The molecule has 3 rings (SSSR count). The topological polar surface area (TPSA) is 44.2 Å². The van der Waals surface area contributed by atoms with Crippen LogP contribution < -0.4 is 9.47 Å². The Kier molecular flexibility index (Phi) is 5.00. The first-order valence-electron chi connectivity index (χ1n) is 7.10. The summed E-state index contributed by atoms with van der Waals surface area (Å²) in [5.41, 5.74) is 1.95. The molecule has 0 amide bonds. The Bertz CT molecular complexity index is 670. The smallest absolute Gasteiger partial charge is 0.119 e. The lowest BCUT2D eigenvalue weighted by Crippen LogP contribution is -2.04. The minimum atomic E-state index is 0.629. The molecule has 0 fully saturated rings. The lowest BCUT2D eigenvalue weighted by Gasteiger charge is -2.08. The molecule has 22 heavy (non-hydrogen) atoms. The van der Waals surface area contributed by atoms with Crippen molar-refractivity contribution in [3.05, 3.63) is 60.0 Å². The number of aromatic nitrogens is 2. The first kappa shape index (κ1) is 14.5. The van der Waals surface area contributed by atoms with E-state index in [0.29, 0.717) is 13.2 Å². The van der Waals surface area contributed by atoms with Gasteiger partial charge in [-0.1, -0.05) is 22.7 Å². The molecular weight excluding hydrogens is 296 g/mol. The van der Waals surface area contributed by atoms with Gasteiger partial charge in [0.2, 0.25) is 0 Å². The van der Waals surface area contributed by atoms with Crippen molar-refractivity contribution in [1.29, 1.82) is 0 Å². The highest BCUT2D eigenvalue weighted by Gasteiger charge is 2.01. The molecule has 1 aromatic heterocycles. The Morgan fingerprint density at radius 2 is 1.50 bits per heavy atom. The molecule has 2 aromatic carbocycles. The number of hydrogen-bond donors (Lipinski definition) is 0. The minimum Gasteiger partial charge on any atom is -0.493 e. The van der Waals surface area contributed by atoms with E-state index in [1.54, 1.807) is 0 Å². The normalized spacial score (nSPS) is 10.4. The van der Waals surface area contributed by atoms with Crippen LogP contribution in [-0.2, 0) is 0 Å². The lowest BCUT2D eigenvalue weighted by molar-refractivity contribution is 0.247. The maximum atomic E-state index is 5.70. The van der Waals surface area contributed by atoms with E-state index in [1.165, 1.54) is 11.5 Å². The van der Waals surface area contributed by atoms with Crippen LogP contribution in [0.5, 0.6) is 11.5 Å². The van der Waals surface area contributed by atoms with E-state index in [4.69, 9.17) is 9.47 Å².